The van der Waals surface area contributed by atoms with Gasteiger partial charge in [0.1, 0.15) is 0 Å². The number of hydrogen-bond acceptors (Lipinski definition) is 1. The zero-order valence-corrected chi connectivity index (χ0v) is 10.4. The van der Waals surface area contributed by atoms with Crippen molar-refractivity contribution in [3.8, 4) is 0 Å². The van der Waals surface area contributed by atoms with Crippen LogP contribution in [0.3, 0.4) is 0 Å². The zero-order chi connectivity index (χ0) is 12.8. The van der Waals surface area contributed by atoms with E-state index in [0.29, 0.717) is 19.4 Å². The van der Waals surface area contributed by atoms with E-state index < -0.39 is 11.7 Å². The van der Waals surface area contributed by atoms with Gasteiger partial charge >= 0.3 is 6.18 Å². The summed E-state index contributed by atoms with van der Waals surface area (Å²) in [6, 6.07) is 0. The molecular formula is C12H20F3N. The van der Waals surface area contributed by atoms with Crippen LogP contribution in [0.2, 0.25) is 0 Å². The highest BCUT2D eigenvalue weighted by Gasteiger charge is 2.31. The molecule has 0 aromatic rings. The molecule has 0 saturated carbocycles. The molecule has 0 aliphatic carbocycles. The maximum Gasteiger partial charge on any atom is 0.416 e. The van der Waals surface area contributed by atoms with Crippen LogP contribution < -0.4 is 0 Å². The summed E-state index contributed by atoms with van der Waals surface area (Å²) < 4.78 is 37.8. The van der Waals surface area contributed by atoms with Crippen LogP contribution in [0.5, 0.6) is 0 Å². The van der Waals surface area contributed by atoms with Gasteiger partial charge in [0.25, 0.3) is 0 Å². The minimum Gasteiger partial charge on any atom is -0.309 e. The third-order valence-electron chi connectivity index (χ3n) is 2.23. The Labute approximate surface area is 95.6 Å². The molecule has 4 heteroatoms. The number of rotatable bonds is 5. The number of halogens is 3. The van der Waals surface area contributed by atoms with Crippen molar-refractivity contribution in [2.24, 2.45) is 0 Å². The van der Waals surface area contributed by atoms with E-state index in [1.807, 2.05) is 25.9 Å². The molecule has 0 saturated heterocycles. The predicted octanol–water partition coefficient (Wildman–Crippen LogP) is 3.78. The SMILES string of the molecule is CC/C(C)=C\C(=C\CCN(C)C)C(F)(F)F. The van der Waals surface area contributed by atoms with Gasteiger partial charge in [0.15, 0.2) is 0 Å². The first-order valence-electron chi connectivity index (χ1n) is 5.36. The first-order valence-corrected chi connectivity index (χ1v) is 5.36. The minimum absolute atomic E-state index is 0.412. The predicted molar refractivity (Wildman–Crippen MR) is 61.4 cm³/mol. The maximum atomic E-state index is 12.6. The van der Waals surface area contributed by atoms with E-state index in [1.165, 1.54) is 12.2 Å². The van der Waals surface area contributed by atoms with E-state index in [-0.39, 0.29) is 0 Å². The monoisotopic (exact) mass is 235 g/mol. The van der Waals surface area contributed by atoms with E-state index in [4.69, 9.17) is 0 Å². The van der Waals surface area contributed by atoms with Gasteiger partial charge in [-0.2, -0.15) is 13.2 Å². The van der Waals surface area contributed by atoms with Crippen LogP contribution in [-0.4, -0.2) is 31.7 Å². The molecule has 16 heavy (non-hydrogen) atoms. The molecule has 0 radical (unpaired) electrons. The number of nitrogens with zero attached hydrogens (tertiary/aromatic N) is 1. The van der Waals surface area contributed by atoms with Gasteiger partial charge in [0.05, 0.1) is 5.57 Å². The highest BCUT2D eigenvalue weighted by atomic mass is 19.4. The van der Waals surface area contributed by atoms with Gasteiger partial charge in [-0.05, 0) is 33.9 Å². The Morgan fingerprint density at radius 2 is 1.81 bits per heavy atom. The maximum absolute atomic E-state index is 12.6. The van der Waals surface area contributed by atoms with Gasteiger partial charge in [-0.1, -0.05) is 24.6 Å². The molecular weight excluding hydrogens is 215 g/mol. The van der Waals surface area contributed by atoms with Crippen LogP contribution >= 0.6 is 0 Å². The smallest absolute Gasteiger partial charge is 0.309 e. The van der Waals surface area contributed by atoms with Crippen LogP contribution in [0.25, 0.3) is 0 Å². The van der Waals surface area contributed by atoms with Crippen molar-refractivity contribution in [1.82, 2.24) is 4.90 Å². The molecule has 0 aliphatic heterocycles. The molecule has 0 unspecified atom stereocenters. The highest BCUT2D eigenvalue weighted by Crippen LogP contribution is 2.28. The van der Waals surface area contributed by atoms with Gasteiger partial charge in [-0.15, -0.1) is 0 Å². The Hall–Kier alpha value is -0.770. The molecule has 1 nitrogen and oxygen atoms in total. The standard InChI is InChI=1S/C12H20F3N/c1-5-10(2)9-11(12(13,14)15)7-6-8-16(3)4/h7,9H,5-6,8H2,1-4H3/b10-9-,11-7-. The van der Waals surface area contributed by atoms with Crippen molar-refractivity contribution in [3.63, 3.8) is 0 Å². The second-order valence-electron chi connectivity index (χ2n) is 4.09. The van der Waals surface area contributed by atoms with Crippen LogP contribution in [0.4, 0.5) is 13.2 Å². The van der Waals surface area contributed by atoms with Gasteiger partial charge in [-0.3, -0.25) is 0 Å². The zero-order valence-electron chi connectivity index (χ0n) is 10.4. The molecule has 0 aromatic carbocycles. The quantitative estimate of drug-likeness (QED) is 0.655. The first-order chi connectivity index (χ1) is 7.27. The lowest BCUT2D eigenvalue weighted by Crippen LogP contribution is -2.14. The van der Waals surface area contributed by atoms with Crippen LogP contribution in [0, 0.1) is 0 Å². The molecule has 0 aromatic heterocycles. The van der Waals surface area contributed by atoms with Gasteiger partial charge in [0.2, 0.25) is 0 Å². The number of alkyl halides is 3. The molecule has 0 aliphatic rings. The van der Waals surface area contributed by atoms with Crippen molar-refractivity contribution in [1.29, 1.82) is 0 Å². The van der Waals surface area contributed by atoms with Crippen molar-refractivity contribution in [2.75, 3.05) is 20.6 Å². The molecule has 0 rings (SSSR count). The fourth-order valence-electron chi connectivity index (χ4n) is 1.10. The first kappa shape index (κ1) is 15.2. The molecule has 0 N–H and O–H groups in total. The Bertz CT molecular complexity index is 262. The van der Waals surface area contributed by atoms with Crippen molar-refractivity contribution in [2.45, 2.75) is 32.9 Å². The summed E-state index contributed by atoms with van der Waals surface area (Å²) in [6.45, 7) is 4.18. The van der Waals surface area contributed by atoms with Crippen molar-refractivity contribution in [3.05, 3.63) is 23.3 Å². The largest absolute Gasteiger partial charge is 0.416 e. The Kier molecular flexibility index (Phi) is 6.41. The lowest BCUT2D eigenvalue weighted by atomic mass is 10.1. The summed E-state index contributed by atoms with van der Waals surface area (Å²) in [4.78, 5) is 1.86. The lowest BCUT2D eigenvalue weighted by molar-refractivity contribution is -0.0885. The number of allylic oxidation sites excluding steroid dienone is 3. The van der Waals surface area contributed by atoms with Crippen LogP contribution in [0.15, 0.2) is 23.3 Å². The second-order valence-corrected chi connectivity index (χ2v) is 4.09. The highest BCUT2D eigenvalue weighted by molar-refractivity contribution is 5.27. The molecule has 0 amide bonds. The van der Waals surface area contributed by atoms with Crippen LogP contribution in [0.1, 0.15) is 26.7 Å². The average Bonchev–Trinajstić information content (AvgIpc) is 2.13. The van der Waals surface area contributed by atoms with Gasteiger partial charge < -0.3 is 4.90 Å². The molecule has 0 heterocycles. The second kappa shape index (κ2) is 6.74. The van der Waals surface area contributed by atoms with Crippen molar-refractivity contribution < 1.29 is 13.2 Å². The van der Waals surface area contributed by atoms with Crippen molar-refractivity contribution >= 4 is 0 Å². The summed E-state index contributed by atoms with van der Waals surface area (Å²) in [7, 11) is 3.68. The molecule has 0 atom stereocenters. The Morgan fingerprint density at radius 1 is 1.25 bits per heavy atom. The topological polar surface area (TPSA) is 3.24 Å². The van der Waals surface area contributed by atoms with Crippen LogP contribution in [-0.2, 0) is 0 Å². The summed E-state index contributed by atoms with van der Waals surface area (Å²) in [5.41, 5.74) is 0.210. The lowest BCUT2D eigenvalue weighted by Gasteiger charge is -2.11. The fraction of sp³-hybridized carbons (Fsp3) is 0.667. The fourth-order valence-corrected chi connectivity index (χ4v) is 1.10. The Balaban J connectivity index is 4.69. The normalized spacial score (nSPS) is 14.8. The summed E-state index contributed by atoms with van der Waals surface area (Å²) >= 11 is 0. The third-order valence-corrected chi connectivity index (χ3v) is 2.23. The van der Waals surface area contributed by atoms with E-state index in [2.05, 4.69) is 0 Å². The molecule has 0 bridgehead atoms. The Morgan fingerprint density at radius 3 is 2.19 bits per heavy atom. The van der Waals surface area contributed by atoms with E-state index in [9.17, 15) is 13.2 Å². The minimum atomic E-state index is -4.25. The molecule has 94 valence electrons. The van der Waals surface area contributed by atoms with E-state index in [0.717, 1.165) is 5.57 Å². The summed E-state index contributed by atoms with van der Waals surface area (Å²) in [5.74, 6) is 0. The van der Waals surface area contributed by atoms with Gasteiger partial charge in [0, 0.05) is 6.54 Å². The van der Waals surface area contributed by atoms with E-state index in [1.54, 1.807) is 6.92 Å². The summed E-state index contributed by atoms with van der Waals surface area (Å²) in [5, 5.41) is 0. The summed E-state index contributed by atoms with van der Waals surface area (Å²) in [6.07, 6.45) is -0.700. The third kappa shape index (κ3) is 6.67. The molecule has 0 spiro atoms. The van der Waals surface area contributed by atoms with E-state index >= 15 is 0 Å². The van der Waals surface area contributed by atoms with Gasteiger partial charge in [-0.25, -0.2) is 0 Å². The number of hydrogen-bond donors (Lipinski definition) is 0. The average molecular weight is 235 g/mol. The molecule has 0 fully saturated rings.